The number of hydrogen-bond donors (Lipinski definition) is 1. The van der Waals surface area contributed by atoms with Crippen molar-refractivity contribution < 1.29 is 0 Å². The highest BCUT2D eigenvalue weighted by atomic mass is 16.1. The van der Waals surface area contributed by atoms with Gasteiger partial charge in [0, 0.05) is 23.5 Å². The zero-order chi connectivity index (χ0) is 11.7. The van der Waals surface area contributed by atoms with Crippen LogP contribution >= 0.6 is 0 Å². The van der Waals surface area contributed by atoms with Gasteiger partial charge < -0.3 is 10.3 Å². The Morgan fingerprint density at radius 1 is 1.44 bits per heavy atom. The van der Waals surface area contributed by atoms with Crippen LogP contribution in [0, 0.1) is 5.92 Å². The van der Waals surface area contributed by atoms with Gasteiger partial charge in [-0.05, 0) is 37.7 Å². The van der Waals surface area contributed by atoms with Crippen LogP contribution in [0.2, 0.25) is 0 Å². The monoisotopic (exact) mass is 220 g/mol. The number of aromatic nitrogens is 1. The van der Waals surface area contributed by atoms with Crippen LogP contribution in [0.15, 0.2) is 16.9 Å². The van der Waals surface area contributed by atoms with Gasteiger partial charge in [0.15, 0.2) is 0 Å². The lowest BCUT2D eigenvalue weighted by molar-refractivity contribution is 0.297. The molecule has 16 heavy (non-hydrogen) atoms. The van der Waals surface area contributed by atoms with Crippen molar-refractivity contribution in [1.82, 2.24) is 4.57 Å². The van der Waals surface area contributed by atoms with Gasteiger partial charge in [-0.25, -0.2) is 0 Å². The molecule has 0 bridgehead atoms. The minimum absolute atomic E-state index is 0.0698. The lowest BCUT2D eigenvalue weighted by Crippen LogP contribution is -2.31. The van der Waals surface area contributed by atoms with E-state index in [1.54, 1.807) is 6.07 Å². The van der Waals surface area contributed by atoms with E-state index in [1.165, 1.54) is 6.42 Å². The molecule has 0 radical (unpaired) electrons. The third-order valence-corrected chi connectivity index (χ3v) is 3.23. The first kappa shape index (κ1) is 11.2. The highest BCUT2D eigenvalue weighted by Gasteiger charge is 2.22. The molecule has 0 saturated heterocycles. The SMILES string of the molecule is CC(C)Cc1cc(N)cc(=O)n1C1CCC1. The predicted octanol–water partition coefficient (Wildman–Crippen LogP) is 2.35. The van der Waals surface area contributed by atoms with E-state index in [1.807, 2.05) is 10.6 Å². The Kier molecular flexibility index (Phi) is 3.03. The summed E-state index contributed by atoms with van der Waals surface area (Å²) >= 11 is 0. The predicted molar refractivity (Wildman–Crippen MR) is 66.5 cm³/mol. The number of nitrogens with zero attached hydrogens (tertiary/aromatic N) is 1. The zero-order valence-corrected chi connectivity index (χ0v) is 10.1. The molecule has 2 rings (SSSR count). The standard InChI is InChI=1S/C13H20N2O/c1-9(2)6-12-7-10(14)8-13(16)15(12)11-4-3-5-11/h7-9,11H,3-6,14H2,1-2H3. The Balaban J connectivity index is 2.42. The molecule has 1 aliphatic rings. The summed E-state index contributed by atoms with van der Waals surface area (Å²) in [5.74, 6) is 0.549. The lowest BCUT2D eigenvalue weighted by atomic mass is 9.91. The van der Waals surface area contributed by atoms with Crippen LogP contribution in [-0.4, -0.2) is 4.57 Å². The molecule has 1 heterocycles. The molecule has 0 aromatic carbocycles. The minimum atomic E-state index is 0.0698. The van der Waals surface area contributed by atoms with Gasteiger partial charge in [-0.1, -0.05) is 13.8 Å². The molecule has 88 valence electrons. The van der Waals surface area contributed by atoms with E-state index in [4.69, 9.17) is 5.73 Å². The van der Waals surface area contributed by atoms with Crippen molar-refractivity contribution in [3.63, 3.8) is 0 Å². The Morgan fingerprint density at radius 3 is 2.62 bits per heavy atom. The highest BCUT2D eigenvalue weighted by Crippen LogP contribution is 2.32. The van der Waals surface area contributed by atoms with Crippen LogP contribution < -0.4 is 11.3 Å². The maximum Gasteiger partial charge on any atom is 0.253 e. The highest BCUT2D eigenvalue weighted by molar-refractivity contribution is 5.38. The van der Waals surface area contributed by atoms with E-state index < -0.39 is 0 Å². The average Bonchev–Trinajstić information content (AvgIpc) is 2.06. The average molecular weight is 220 g/mol. The molecule has 0 aliphatic heterocycles. The summed E-state index contributed by atoms with van der Waals surface area (Å²) in [7, 11) is 0. The fourth-order valence-corrected chi connectivity index (χ4v) is 2.29. The van der Waals surface area contributed by atoms with Gasteiger partial charge in [0.1, 0.15) is 0 Å². The van der Waals surface area contributed by atoms with Crippen LogP contribution in [0.25, 0.3) is 0 Å². The third kappa shape index (κ3) is 2.13. The van der Waals surface area contributed by atoms with Gasteiger partial charge in [-0.3, -0.25) is 4.79 Å². The second-order valence-electron chi connectivity index (χ2n) is 5.17. The summed E-state index contributed by atoms with van der Waals surface area (Å²) in [6.45, 7) is 4.33. The van der Waals surface area contributed by atoms with Crippen molar-refractivity contribution in [2.45, 2.75) is 45.6 Å². The zero-order valence-electron chi connectivity index (χ0n) is 10.1. The van der Waals surface area contributed by atoms with Crippen molar-refractivity contribution in [3.05, 3.63) is 28.2 Å². The van der Waals surface area contributed by atoms with Gasteiger partial charge in [-0.15, -0.1) is 0 Å². The molecule has 0 amide bonds. The Labute approximate surface area is 96.3 Å². The first-order valence-electron chi connectivity index (χ1n) is 6.09. The fourth-order valence-electron chi connectivity index (χ4n) is 2.29. The number of nitrogen functional groups attached to an aromatic ring is 1. The summed E-state index contributed by atoms with van der Waals surface area (Å²) in [6, 6.07) is 3.92. The maximum atomic E-state index is 12.0. The molecule has 3 heteroatoms. The Morgan fingerprint density at radius 2 is 2.12 bits per heavy atom. The van der Waals surface area contributed by atoms with E-state index in [-0.39, 0.29) is 5.56 Å². The smallest absolute Gasteiger partial charge is 0.253 e. The van der Waals surface area contributed by atoms with E-state index in [0.29, 0.717) is 17.6 Å². The summed E-state index contributed by atoms with van der Waals surface area (Å²) in [5, 5.41) is 0. The topological polar surface area (TPSA) is 48.0 Å². The van der Waals surface area contributed by atoms with Crippen molar-refractivity contribution in [3.8, 4) is 0 Å². The molecule has 1 fully saturated rings. The Bertz CT molecular complexity index is 430. The quantitative estimate of drug-likeness (QED) is 0.850. The van der Waals surface area contributed by atoms with Gasteiger partial charge in [0.05, 0.1) is 0 Å². The van der Waals surface area contributed by atoms with Gasteiger partial charge in [-0.2, -0.15) is 0 Å². The number of rotatable bonds is 3. The molecule has 1 aliphatic carbocycles. The summed E-state index contributed by atoms with van der Waals surface area (Å²) in [6.07, 6.45) is 4.43. The number of pyridine rings is 1. The van der Waals surface area contributed by atoms with E-state index in [2.05, 4.69) is 13.8 Å². The van der Waals surface area contributed by atoms with Crippen LogP contribution in [-0.2, 0) is 6.42 Å². The largest absolute Gasteiger partial charge is 0.399 e. The molecule has 2 N–H and O–H groups in total. The Hall–Kier alpha value is -1.25. The molecule has 3 nitrogen and oxygen atoms in total. The van der Waals surface area contributed by atoms with E-state index in [9.17, 15) is 4.79 Å². The molecule has 0 spiro atoms. The van der Waals surface area contributed by atoms with Crippen LogP contribution in [0.3, 0.4) is 0 Å². The molecule has 1 aromatic rings. The number of hydrogen-bond acceptors (Lipinski definition) is 2. The van der Waals surface area contributed by atoms with Crippen molar-refractivity contribution >= 4 is 5.69 Å². The van der Waals surface area contributed by atoms with Gasteiger partial charge in [0.25, 0.3) is 5.56 Å². The first-order valence-corrected chi connectivity index (χ1v) is 6.09. The molecule has 1 aromatic heterocycles. The molecule has 1 saturated carbocycles. The second-order valence-corrected chi connectivity index (χ2v) is 5.17. The first-order chi connectivity index (χ1) is 7.58. The van der Waals surface area contributed by atoms with E-state index in [0.717, 1.165) is 25.0 Å². The minimum Gasteiger partial charge on any atom is -0.399 e. The molecular formula is C13H20N2O. The third-order valence-electron chi connectivity index (χ3n) is 3.23. The van der Waals surface area contributed by atoms with Gasteiger partial charge >= 0.3 is 0 Å². The number of anilines is 1. The summed E-state index contributed by atoms with van der Waals surface area (Å²) < 4.78 is 1.96. The number of nitrogens with two attached hydrogens (primary N) is 1. The van der Waals surface area contributed by atoms with E-state index >= 15 is 0 Å². The van der Waals surface area contributed by atoms with Crippen LogP contribution in [0.4, 0.5) is 5.69 Å². The maximum absolute atomic E-state index is 12.0. The van der Waals surface area contributed by atoms with Gasteiger partial charge in [0.2, 0.25) is 0 Å². The van der Waals surface area contributed by atoms with Crippen LogP contribution in [0.5, 0.6) is 0 Å². The fraction of sp³-hybridized carbons (Fsp3) is 0.615. The normalized spacial score (nSPS) is 16.4. The molecule has 0 unspecified atom stereocenters. The lowest BCUT2D eigenvalue weighted by Gasteiger charge is -2.30. The van der Waals surface area contributed by atoms with Crippen LogP contribution in [0.1, 0.15) is 44.8 Å². The summed E-state index contributed by atoms with van der Waals surface area (Å²) in [5.41, 5.74) is 7.52. The molecular weight excluding hydrogens is 200 g/mol. The van der Waals surface area contributed by atoms with Crippen molar-refractivity contribution in [2.24, 2.45) is 5.92 Å². The van der Waals surface area contributed by atoms with Crippen molar-refractivity contribution in [1.29, 1.82) is 0 Å². The second kappa shape index (κ2) is 4.32. The van der Waals surface area contributed by atoms with Crippen molar-refractivity contribution in [2.75, 3.05) is 5.73 Å². The molecule has 0 atom stereocenters. The summed E-state index contributed by atoms with van der Waals surface area (Å²) in [4.78, 5) is 12.0.